The first kappa shape index (κ1) is 14.7. The predicted octanol–water partition coefficient (Wildman–Crippen LogP) is 1.47. The molecule has 2 heterocycles. The molecule has 0 radical (unpaired) electrons. The Balaban J connectivity index is 2.37. The Bertz CT molecular complexity index is 612. The fraction of sp³-hybridized carbons (Fsp3) is 0.385. The van der Waals surface area contributed by atoms with E-state index in [1.54, 1.807) is 17.2 Å². The lowest BCUT2D eigenvalue weighted by Crippen LogP contribution is -2.27. The van der Waals surface area contributed by atoms with Gasteiger partial charge in [0.25, 0.3) is 5.91 Å². The van der Waals surface area contributed by atoms with E-state index in [0.717, 1.165) is 35.0 Å². The van der Waals surface area contributed by atoms with Gasteiger partial charge in [0.2, 0.25) is 0 Å². The molecule has 20 heavy (non-hydrogen) atoms. The van der Waals surface area contributed by atoms with Crippen LogP contribution in [0.4, 0.5) is 5.82 Å². The van der Waals surface area contributed by atoms with Crippen LogP contribution in [0, 0.1) is 6.92 Å². The quantitative estimate of drug-likeness (QED) is 0.555. The van der Waals surface area contributed by atoms with Crippen LogP contribution in [-0.4, -0.2) is 39.1 Å². The second-order valence-corrected chi connectivity index (χ2v) is 5.38. The second kappa shape index (κ2) is 6.62. The molecule has 6 nitrogen and oxygen atoms in total. The zero-order valence-corrected chi connectivity index (χ0v) is 12.3. The van der Waals surface area contributed by atoms with E-state index in [1.807, 2.05) is 35.8 Å². The number of nitrogens with one attached hydrogen (secondary N) is 2. The van der Waals surface area contributed by atoms with E-state index in [2.05, 4.69) is 10.3 Å². The number of thioether (sulfide) groups is 1. The number of anilines is 1. The van der Waals surface area contributed by atoms with Crippen LogP contribution >= 0.6 is 11.8 Å². The molecule has 3 N–H and O–H groups in total. The first-order chi connectivity index (χ1) is 9.67. The van der Waals surface area contributed by atoms with Crippen molar-refractivity contribution < 1.29 is 10.0 Å². The van der Waals surface area contributed by atoms with Crippen LogP contribution in [0.2, 0.25) is 0 Å². The van der Waals surface area contributed by atoms with Crippen molar-refractivity contribution in [3.8, 4) is 0 Å². The number of amides is 1. The van der Waals surface area contributed by atoms with E-state index < -0.39 is 5.91 Å². The molecule has 0 aromatic carbocycles. The Morgan fingerprint density at radius 1 is 1.50 bits per heavy atom. The smallest absolute Gasteiger partial charge is 0.262 e. The molecule has 0 atom stereocenters. The summed E-state index contributed by atoms with van der Waals surface area (Å²) in [6.07, 6.45) is 2.87. The molecular weight excluding hydrogens is 276 g/mol. The van der Waals surface area contributed by atoms with Gasteiger partial charge in [-0.2, -0.15) is 11.8 Å². The lowest BCUT2D eigenvalue weighted by atomic mass is 10.3. The zero-order valence-electron chi connectivity index (χ0n) is 11.5. The summed E-state index contributed by atoms with van der Waals surface area (Å²) in [5, 5.41) is 11.6. The number of aryl methyl sites for hydroxylation is 2. The summed E-state index contributed by atoms with van der Waals surface area (Å²) < 4.78 is 1.99. The van der Waals surface area contributed by atoms with Gasteiger partial charge in [0.1, 0.15) is 11.5 Å². The summed E-state index contributed by atoms with van der Waals surface area (Å²) in [6.45, 7) is 2.00. The molecule has 0 aliphatic carbocycles. The van der Waals surface area contributed by atoms with Crippen LogP contribution in [0.3, 0.4) is 0 Å². The predicted molar refractivity (Wildman–Crippen MR) is 80.4 cm³/mol. The Morgan fingerprint density at radius 2 is 2.30 bits per heavy atom. The van der Waals surface area contributed by atoms with Gasteiger partial charge in [-0.05, 0) is 31.1 Å². The zero-order chi connectivity index (χ0) is 14.5. The first-order valence-electron chi connectivity index (χ1n) is 6.30. The third kappa shape index (κ3) is 3.05. The van der Waals surface area contributed by atoms with Crippen molar-refractivity contribution in [1.82, 2.24) is 14.9 Å². The Labute approximate surface area is 121 Å². The third-order valence-corrected chi connectivity index (χ3v) is 3.61. The topological polar surface area (TPSA) is 78.7 Å². The highest BCUT2D eigenvalue weighted by Gasteiger charge is 2.13. The van der Waals surface area contributed by atoms with Gasteiger partial charge >= 0.3 is 0 Å². The number of hydrogen-bond donors (Lipinski definition) is 3. The maximum absolute atomic E-state index is 11.2. The minimum absolute atomic E-state index is 0.00486. The molecule has 0 unspecified atom stereocenters. The van der Waals surface area contributed by atoms with E-state index in [-0.39, 0.29) is 6.54 Å². The van der Waals surface area contributed by atoms with Gasteiger partial charge in [0.15, 0.2) is 0 Å². The number of hydroxylamine groups is 1. The number of hydrogen-bond acceptors (Lipinski definition) is 5. The fourth-order valence-corrected chi connectivity index (χ4v) is 2.46. The van der Waals surface area contributed by atoms with E-state index in [4.69, 9.17) is 5.21 Å². The van der Waals surface area contributed by atoms with Gasteiger partial charge in [-0.15, -0.1) is 0 Å². The van der Waals surface area contributed by atoms with Crippen molar-refractivity contribution in [2.24, 2.45) is 0 Å². The van der Waals surface area contributed by atoms with Gasteiger partial charge in [0.05, 0.1) is 12.2 Å². The van der Waals surface area contributed by atoms with Crippen molar-refractivity contribution in [1.29, 1.82) is 0 Å². The van der Waals surface area contributed by atoms with Gasteiger partial charge in [-0.1, -0.05) is 6.07 Å². The second-order valence-electron chi connectivity index (χ2n) is 4.40. The Hall–Kier alpha value is -1.73. The lowest BCUT2D eigenvalue weighted by molar-refractivity contribution is -0.127. The van der Waals surface area contributed by atoms with Crippen molar-refractivity contribution >= 4 is 29.1 Å². The SMILES string of the molecule is CSCCc1nc2cccc(C)n2c1NCC(=O)NO. The fourth-order valence-electron chi connectivity index (χ4n) is 2.06. The number of aromatic nitrogens is 2. The molecule has 2 rings (SSSR count). The van der Waals surface area contributed by atoms with Crippen molar-refractivity contribution in [3.63, 3.8) is 0 Å². The average Bonchev–Trinajstić information content (AvgIpc) is 2.81. The van der Waals surface area contributed by atoms with Gasteiger partial charge < -0.3 is 5.32 Å². The van der Waals surface area contributed by atoms with E-state index in [1.165, 1.54) is 0 Å². The molecule has 2 aromatic rings. The summed E-state index contributed by atoms with van der Waals surface area (Å²) in [6, 6.07) is 5.89. The average molecular weight is 294 g/mol. The highest BCUT2D eigenvalue weighted by atomic mass is 32.2. The number of pyridine rings is 1. The molecule has 108 valence electrons. The highest BCUT2D eigenvalue weighted by Crippen LogP contribution is 2.21. The van der Waals surface area contributed by atoms with Crippen molar-refractivity contribution in [3.05, 3.63) is 29.6 Å². The van der Waals surface area contributed by atoms with Crippen LogP contribution in [-0.2, 0) is 11.2 Å². The van der Waals surface area contributed by atoms with Gasteiger partial charge in [0, 0.05) is 12.1 Å². The van der Waals surface area contributed by atoms with Crippen LogP contribution in [0.25, 0.3) is 5.65 Å². The standard InChI is InChI=1S/C13H18N4O2S/c1-9-4-3-5-11-15-10(6-7-20-2)13(17(9)11)14-8-12(18)16-19/h3-5,14,19H,6-8H2,1-2H3,(H,16,18). The third-order valence-electron chi connectivity index (χ3n) is 3.00. The van der Waals surface area contributed by atoms with E-state index >= 15 is 0 Å². The molecule has 2 aromatic heterocycles. The minimum Gasteiger partial charge on any atom is -0.360 e. The first-order valence-corrected chi connectivity index (χ1v) is 7.69. The van der Waals surface area contributed by atoms with Gasteiger partial charge in [-0.25, -0.2) is 10.5 Å². The largest absolute Gasteiger partial charge is 0.360 e. The molecule has 0 aliphatic rings. The summed E-state index contributed by atoms with van der Waals surface area (Å²) in [5.41, 5.74) is 4.44. The molecule has 0 aliphatic heterocycles. The number of imidazole rings is 1. The number of nitrogens with zero attached hydrogens (tertiary/aromatic N) is 2. The Morgan fingerprint density at radius 3 is 3.00 bits per heavy atom. The number of carbonyl (C=O) groups is 1. The monoisotopic (exact) mass is 294 g/mol. The molecule has 0 bridgehead atoms. The molecule has 0 spiro atoms. The summed E-state index contributed by atoms with van der Waals surface area (Å²) in [4.78, 5) is 15.8. The Kier molecular flexibility index (Phi) is 4.86. The summed E-state index contributed by atoms with van der Waals surface area (Å²) in [7, 11) is 0. The summed E-state index contributed by atoms with van der Waals surface area (Å²) >= 11 is 1.75. The number of carbonyl (C=O) groups excluding carboxylic acids is 1. The molecule has 0 saturated carbocycles. The summed E-state index contributed by atoms with van der Waals surface area (Å²) in [5.74, 6) is 1.30. The maximum Gasteiger partial charge on any atom is 0.262 e. The number of rotatable bonds is 6. The van der Waals surface area contributed by atoms with Gasteiger partial charge in [-0.3, -0.25) is 14.4 Å². The highest BCUT2D eigenvalue weighted by molar-refractivity contribution is 7.98. The van der Waals surface area contributed by atoms with E-state index in [0.29, 0.717) is 0 Å². The van der Waals surface area contributed by atoms with Crippen molar-refractivity contribution in [2.75, 3.05) is 23.9 Å². The maximum atomic E-state index is 11.2. The van der Waals surface area contributed by atoms with Crippen LogP contribution in [0.5, 0.6) is 0 Å². The number of fused-ring (bicyclic) bond motifs is 1. The molecular formula is C13H18N4O2S. The molecule has 7 heteroatoms. The van der Waals surface area contributed by atoms with Crippen LogP contribution in [0.15, 0.2) is 18.2 Å². The molecule has 1 amide bonds. The minimum atomic E-state index is -0.482. The van der Waals surface area contributed by atoms with Crippen molar-refractivity contribution in [2.45, 2.75) is 13.3 Å². The van der Waals surface area contributed by atoms with Crippen LogP contribution in [0.1, 0.15) is 11.4 Å². The van der Waals surface area contributed by atoms with E-state index in [9.17, 15) is 4.79 Å². The normalized spacial score (nSPS) is 10.8. The molecule has 0 saturated heterocycles. The molecule has 0 fully saturated rings. The lowest BCUT2D eigenvalue weighted by Gasteiger charge is -2.09. The van der Waals surface area contributed by atoms with Crippen LogP contribution < -0.4 is 10.8 Å².